The molecule has 0 bridgehead atoms. The maximum atomic E-state index is 11.8. The van der Waals surface area contributed by atoms with Gasteiger partial charge >= 0.3 is 0 Å². The zero-order chi connectivity index (χ0) is 11.9. The molecule has 0 unspecified atom stereocenters. The third-order valence-corrected chi connectivity index (χ3v) is 2.75. The molecule has 2 amide bonds. The van der Waals surface area contributed by atoms with E-state index < -0.39 is 5.54 Å². The monoisotopic (exact) mass is 213 g/mol. The van der Waals surface area contributed by atoms with Crippen LogP contribution in [-0.2, 0) is 9.59 Å². The summed E-state index contributed by atoms with van der Waals surface area (Å²) in [5.41, 5.74) is -1.04. The summed E-state index contributed by atoms with van der Waals surface area (Å²) < 4.78 is 0. The fraction of sp³-hybridized carbons (Fsp3) is 0.818. The predicted molar refractivity (Wildman–Crippen MR) is 56.0 cm³/mol. The highest BCUT2D eigenvalue weighted by molar-refractivity contribution is 5.99. The van der Waals surface area contributed by atoms with Gasteiger partial charge in [-0.3, -0.25) is 14.5 Å². The first-order valence-electron chi connectivity index (χ1n) is 5.16. The maximum Gasteiger partial charge on any atom is 0.230 e. The van der Waals surface area contributed by atoms with Crippen LogP contribution in [0.4, 0.5) is 0 Å². The normalized spacial score (nSPS) is 22.1. The number of rotatable bonds is 2. The van der Waals surface area contributed by atoms with Crippen molar-refractivity contribution < 1.29 is 14.7 Å². The van der Waals surface area contributed by atoms with Crippen molar-refractivity contribution in [3.8, 4) is 0 Å². The van der Waals surface area contributed by atoms with Gasteiger partial charge in [-0.05, 0) is 19.3 Å². The van der Waals surface area contributed by atoms with Gasteiger partial charge in [-0.2, -0.15) is 0 Å². The molecule has 0 aromatic heterocycles. The third kappa shape index (κ3) is 2.37. The minimum Gasteiger partial charge on any atom is -0.394 e. The summed E-state index contributed by atoms with van der Waals surface area (Å²) in [6.07, 6.45) is 0.727. The second-order valence-electron chi connectivity index (χ2n) is 5.61. The lowest BCUT2D eigenvalue weighted by atomic mass is 9.80. The quantitative estimate of drug-likeness (QED) is 0.694. The molecular formula is C11H19NO3. The number of aliphatic hydroxyl groups is 1. The van der Waals surface area contributed by atoms with Crippen LogP contribution in [0.25, 0.3) is 0 Å². The Labute approximate surface area is 90.3 Å². The Kier molecular flexibility index (Phi) is 2.92. The highest BCUT2D eigenvalue weighted by atomic mass is 16.3. The molecule has 15 heavy (non-hydrogen) atoms. The van der Waals surface area contributed by atoms with Crippen molar-refractivity contribution in [1.29, 1.82) is 0 Å². The zero-order valence-corrected chi connectivity index (χ0v) is 9.83. The van der Waals surface area contributed by atoms with Gasteiger partial charge in [0.2, 0.25) is 11.8 Å². The predicted octanol–water partition coefficient (Wildman–Crippen LogP) is 0.932. The molecule has 1 heterocycles. The Bertz CT molecular complexity index is 274. The van der Waals surface area contributed by atoms with Gasteiger partial charge in [0, 0.05) is 12.8 Å². The van der Waals surface area contributed by atoms with Crippen molar-refractivity contribution in [3.63, 3.8) is 0 Å². The fourth-order valence-corrected chi connectivity index (χ4v) is 1.92. The first-order chi connectivity index (χ1) is 6.69. The van der Waals surface area contributed by atoms with E-state index in [2.05, 4.69) is 0 Å². The summed E-state index contributed by atoms with van der Waals surface area (Å²) in [5.74, 6) is -0.370. The first-order valence-corrected chi connectivity index (χ1v) is 5.16. The fourth-order valence-electron chi connectivity index (χ4n) is 1.92. The van der Waals surface area contributed by atoms with Gasteiger partial charge in [0.15, 0.2) is 0 Å². The highest BCUT2D eigenvalue weighted by Gasteiger charge is 2.43. The molecule has 0 radical (unpaired) electrons. The number of carbonyl (C=O) groups is 2. The molecule has 0 aliphatic carbocycles. The number of piperidine rings is 1. The topological polar surface area (TPSA) is 57.6 Å². The number of nitrogens with zero attached hydrogens (tertiary/aromatic N) is 1. The standard InChI is InChI=1S/C11H19NO3/c1-10(2)5-8(14)12(9(15)6-10)11(3,4)7-13/h13H,5-7H2,1-4H3. The SMILES string of the molecule is CC1(C)CC(=O)N(C(C)(C)CO)C(=O)C1. The van der Waals surface area contributed by atoms with E-state index in [0.717, 1.165) is 0 Å². The third-order valence-electron chi connectivity index (χ3n) is 2.75. The average molecular weight is 213 g/mol. The van der Waals surface area contributed by atoms with Crippen LogP contribution in [0, 0.1) is 5.41 Å². The summed E-state index contributed by atoms with van der Waals surface area (Å²) in [7, 11) is 0. The van der Waals surface area contributed by atoms with E-state index >= 15 is 0 Å². The number of hydrogen-bond donors (Lipinski definition) is 1. The van der Waals surface area contributed by atoms with Gasteiger partial charge in [-0.15, -0.1) is 0 Å². The zero-order valence-electron chi connectivity index (χ0n) is 9.83. The molecule has 0 atom stereocenters. The van der Waals surface area contributed by atoms with Crippen LogP contribution >= 0.6 is 0 Å². The van der Waals surface area contributed by atoms with E-state index in [9.17, 15) is 9.59 Å². The Morgan fingerprint density at radius 2 is 1.67 bits per heavy atom. The van der Waals surface area contributed by atoms with Gasteiger partial charge in [-0.25, -0.2) is 0 Å². The van der Waals surface area contributed by atoms with Crippen molar-refractivity contribution in [3.05, 3.63) is 0 Å². The molecule has 4 heteroatoms. The molecule has 0 aromatic carbocycles. The molecular weight excluding hydrogens is 194 g/mol. The van der Waals surface area contributed by atoms with E-state index in [0.29, 0.717) is 12.8 Å². The number of amides is 2. The van der Waals surface area contributed by atoms with Crippen molar-refractivity contribution in [2.45, 2.75) is 46.1 Å². The molecule has 1 aliphatic heterocycles. The number of aliphatic hydroxyl groups excluding tert-OH is 1. The van der Waals surface area contributed by atoms with E-state index in [-0.39, 0.29) is 23.8 Å². The van der Waals surface area contributed by atoms with Gasteiger partial charge in [0.1, 0.15) is 0 Å². The largest absolute Gasteiger partial charge is 0.394 e. The van der Waals surface area contributed by atoms with Crippen LogP contribution in [-0.4, -0.2) is 34.0 Å². The molecule has 4 nitrogen and oxygen atoms in total. The first kappa shape index (κ1) is 12.2. The lowest BCUT2D eigenvalue weighted by Gasteiger charge is -2.42. The smallest absolute Gasteiger partial charge is 0.230 e. The van der Waals surface area contributed by atoms with Crippen molar-refractivity contribution in [2.24, 2.45) is 5.41 Å². The van der Waals surface area contributed by atoms with Crippen LogP contribution < -0.4 is 0 Å². The summed E-state index contributed by atoms with van der Waals surface area (Å²) >= 11 is 0. The van der Waals surface area contributed by atoms with Crippen molar-refractivity contribution in [1.82, 2.24) is 4.90 Å². The molecule has 0 aromatic rings. The van der Waals surface area contributed by atoms with Crippen LogP contribution in [0.3, 0.4) is 0 Å². The molecule has 1 rings (SSSR count). The lowest BCUT2D eigenvalue weighted by molar-refractivity contribution is -0.160. The van der Waals surface area contributed by atoms with E-state index in [4.69, 9.17) is 5.11 Å². The Morgan fingerprint density at radius 1 is 1.27 bits per heavy atom. The number of hydrogen-bond acceptors (Lipinski definition) is 3. The van der Waals surface area contributed by atoms with Crippen LogP contribution in [0.5, 0.6) is 0 Å². The van der Waals surface area contributed by atoms with E-state index in [1.165, 1.54) is 4.90 Å². The number of likely N-dealkylation sites (tertiary alicyclic amines) is 1. The Hall–Kier alpha value is -0.900. The average Bonchev–Trinajstić information content (AvgIpc) is 1.99. The molecule has 1 fully saturated rings. The molecule has 1 aliphatic rings. The van der Waals surface area contributed by atoms with Gasteiger partial charge in [0.25, 0.3) is 0 Å². The number of carbonyl (C=O) groups excluding carboxylic acids is 2. The Morgan fingerprint density at radius 3 is 2.00 bits per heavy atom. The van der Waals surface area contributed by atoms with E-state index in [1.54, 1.807) is 13.8 Å². The number of imide groups is 1. The molecule has 1 N–H and O–H groups in total. The van der Waals surface area contributed by atoms with Gasteiger partial charge in [0.05, 0.1) is 12.1 Å². The lowest BCUT2D eigenvalue weighted by Crippen LogP contribution is -2.57. The minimum absolute atomic E-state index is 0.185. The van der Waals surface area contributed by atoms with Crippen LogP contribution in [0.1, 0.15) is 40.5 Å². The molecule has 0 saturated carbocycles. The minimum atomic E-state index is -0.787. The summed E-state index contributed by atoms with van der Waals surface area (Å²) in [6, 6.07) is 0. The molecule has 0 spiro atoms. The van der Waals surface area contributed by atoms with Crippen molar-refractivity contribution >= 4 is 11.8 Å². The second kappa shape index (κ2) is 3.59. The summed E-state index contributed by atoms with van der Waals surface area (Å²) in [6.45, 7) is 7.01. The van der Waals surface area contributed by atoms with Gasteiger partial charge in [-0.1, -0.05) is 13.8 Å². The highest BCUT2D eigenvalue weighted by Crippen LogP contribution is 2.34. The van der Waals surface area contributed by atoms with E-state index in [1.807, 2.05) is 13.8 Å². The van der Waals surface area contributed by atoms with Gasteiger partial charge < -0.3 is 5.11 Å². The summed E-state index contributed by atoms with van der Waals surface area (Å²) in [4.78, 5) is 24.8. The van der Waals surface area contributed by atoms with Crippen molar-refractivity contribution in [2.75, 3.05) is 6.61 Å². The molecule has 1 saturated heterocycles. The maximum absolute atomic E-state index is 11.8. The van der Waals surface area contributed by atoms with Crippen LogP contribution in [0.15, 0.2) is 0 Å². The van der Waals surface area contributed by atoms with Crippen LogP contribution in [0.2, 0.25) is 0 Å². The second-order valence-corrected chi connectivity index (χ2v) is 5.61. The summed E-state index contributed by atoms with van der Waals surface area (Å²) in [5, 5.41) is 9.17. The Balaban J connectivity index is 2.94. The molecule has 86 valence electrons.